The molecule has 0 fully saturated rings. The second kappa shape index (κ2) is 3.53. The molecule has 0 radical (unpaired) electrons. The van der Waals surface area contributed by atoms with Crippen LogP contribution in [-0.2, 0) is 11.2 Å². The van der Waals surface area contributed by atoms with Crippen LogP contribution in [0.1, 0.15) is 31.9 Å². The Kier molecular flexibility index (Phi) is 2.84. The van der Waals surface area contributed by atoms with Gasteiger partial charge in [0.2, 0.25) is 0 Å². The zero-order chi connectivity index (χ0) is 9.19. The van der Waals surface area contributed by atoms with Crippen molar-refractivity contribution < 1.29 is 0 Å². The molecule has 1 rings (SSSR count). The fraction of sp³-hybridized carbons (Fsp3) is 0.455. The molecule has 1 aromatic rings. The lowest BCUT2D eigenvalue weighted by Crippen LogP contribution is -2.10. The summed E-state index contributed by atoms with van der Waals surface area (Å²) in [7, 11) is 0. The van der Waals surface area contributed by atoms with Crippen LogP contribution in [0, 0.1) is 0 Å². The first-order valence-corrected chi connectivity index (χ1v) is 4.87. The van der Waals surface area contributed by atoms with Gasteiger partial charge in [-0.3, -0.25) is 0 Å². The fourth-order valence-electron chi connectivity index (χ4n) is 1.11. The molecule has 0 spiro atoms. The van der Waals surface area contributed by atoms with Gasteiger partial charge in [0.15, 0.2) is 0 Å². The Bertz CT molecular complexity index is 241. The van der Waals surface area contributed by atoms with E-state index in [1.54, 1.807) is 0 Å². The Morgan fingerprint density at radius 2 is 1.58 bits per heavy atom. The minimum Gasteiger partial charge on any atom is -0.175 e. The van der Waals surface area contributed by atoms with Crippen LogP contribution in [0.3, 0.4) is 0 Å². The largest absolute Gasteiger partial charge is 0.175 e. The molecule has 0 amide bonds. The predicted molar refractivity (Wildman–Crippen MR) is 57.8 cm³/mol. The zero-order valence-electron chi connectivity index (χ0n) is 7.96. The van der Waals surface area contributed by atoms with Gasteiger partial charge in [0.1, 0.15) is 0 Å². The van der Waals surface area contributed by atoms with Gasteiger partial charge >= 0.3 is 0 Å². The minimum absolute atomic E-state index is 0.259. The topological polar surface area (TPSA) is 0 Å². The highest BCUT2D eigenvalue weighted by Gasteiger charge is 2.12. The summed E-state index contributed by atoms with van der Waals surface area (Å²) in [5, 5.41) is 0. The van der Waals surface area contributed by atoms with Crippen molar-refractivity contribution in [1.82, 2.24) is 0 Å². The van der Waals surface area contributed by atoms with Crippen molar-refractivity contribution in [2.75, 3.05) is 0 Å². The van der Waals surface area contributed by atoms with Crippen LogP contribution >= 0.6 is 12.6 Å². The molecule has 12 heavy (non-hydrogen) atoms. The monoisotopic (exact) mass is 180 g/mol. The molecule has 0 saturated carbocycles. The highest BCUT2D eigenvalue weighted by atomic mass is 32.1. The van der Waals surface area contributed by atoms with Gasteiger partial charge in [0.25, 0.3) is 0 Å². The van der Waals surface area contributed by atoms with Gasteiger partial charge in [-0.15, -0.1) is 0 Å². The van der Waals surface area contributed by atoms with E-state index in [2.05, 4.69) is 57.7 Å². The van der Waals surface area contributed by atoms with Crippen molar-refractivity contribution in [3.63, 3.8) is 0 Å². The van der Waals surface area contributed by atoms with E-state index >= 15 is 0 Å². The lowest BCUT2D eigenvalue weighted by atomic mass is 9.87. The van der Waals surface area contributed by atoms with E-state index in [4.69, 9.17) is 0 Å². The van der Waals surface area contributed by atoms with Crippen LogP contribution in [0.4, 0.5) is 0 Å². The second-order valence-corrected chi connectivity index (χ2v) is 4.42. The van der Waals surface area contributed by atoms with Crippen molar-refractivity contribution in [2.45, 2.75) is 31.9 Å². The van der Waals surface area contributed by atoms with Gasteiger partial charge in [0.05, 0.1) is 0 Å². The Labute approximate surface area is 80.4 Å². The minimum atomic E-state index is 0.259. The van der Waals surface area contributed by atoms with E-state index in [9.17, 15) is 0 Å². The van der Waals surface area contributed by atoms with Gasteiger partial charge in [-0.05, 0) is 16.5 Å². The fourth-order valence-corrected chi connectivity index (χ4v) is 1.32. The van der Waals surface area contributed by atoms with Crippen LogP contribution in [0.15, 0.2) is 24.3 Å². The molecule has 0 heterocycles. The van der Waals surface area contributed by atoms with E-state index in [-0.39, 0.29) is 5.41 Å². The average molecular weight is 180 g/mol. The van der Waals surface area contributed by atoms with Crippen LogP contribution < -0.4 is 0 Å². The smallest absolute Gasteiger partial charge is 0.0154 e. The van der Waals surface area contributed by atoms with E-state index in [1.165, 1.54) is 11.1 Å². The van der Waals surface area contributed by atoms with Gasteiger partial charge < -0.3 is 0 Å². The van der Waals surface area contributed by atoms with E-state index in [1.807, 2.05) is 0 Å². The average Bonchev–Trinajstić information content (AvgIpc) is 2.03. The molecule has 0 aliphatic carbocycles. The lowest BCUT2D eigenvalue weighted by Gasteiger charge is -2.18. The summed E-state index contributed by atoms with van der Waals surface area (Å²) in [6, 6.07) is 8.66. The third kappa shape index (κ3) is 2.28. The first-order valence-electron chi connectivity index (χ1n) is 4.24. The van der Waals surface area contributed by atoms with Crippen molar-refractivity contribution in [3.05, 3.63) is 35.4 Å². The molecule has 0 aromatic heterocycles. The summed E-state index contributed by atoms with van der Waals surface area (Å²) in [5.74, 6) is 0.824. The van der Waals surface area contributed by atoms with Crippen LogP contribution in [-0.4, -0.2) is 0 Å². The maximum absolute atomic E-state index is 4.22. The molecule has 66 valence electrons. The van der Waals surface area contributed by atoms with Crippen molar-refractivity contribution in [3.8, 4) is 0 Å². The number of rotatable bonds is 1. The molecule has 0 atom stereocenters. The summed E-state index contributed by atoms with van der Waals surface area (Å²) in [5.41, 5.74) is 2.93. The molecule has 0 aliphatic rings. The third-order valence-corrected chi connectivity index (χ3v) is 2.37. The van der Waals surface area contributed by atoms with Crippen molar-refractivity contribution >= 4 is 12.6 Å². The maximum atomic E-state index is 4.22. The summed E-state index contributed by atoms with van der Waals surface area (Å²) >= 11 is 4.22. The molecule has 0 bridgehead atoms. The normalized spacial score (nSPS) is 11.7. The van der Waals surface area contributed by atoms with Crippen molar-refractivity contribution in [2.24, 2.45) is 0 Å². The number of benzene rings is 1. The molecule has 0 saturated heterocycles. The predicted octanol–water partition coefficient (Wildman–Crippen LogP) is 3.41. The lowest BCUT2D eigenvalue weighted by molar-refractivity contribution is 0.590. The van der Waals surface area contributed by atoms with E-state index in [0.717, 1.165) is 5.75 Å². The highest BCUT2D eigenvalue weighted by molar-refractivity contribution is 7.79. The van der Waals surface area contributed by atoms with Crippen LogP contribution in [0.25, 0.3) is 0 Å². The van der Waals surface area contributed by atoms with Gasteiger partial charge in [0, 0.05) is 5.75 Å². The third-order valence-electron chi connectivity index (χ3n) is 2.00. The molecule has 0 nitrogen and oxygen atoms in total. The molecular weight excluding hydrogens is 164 g/mol. The van der Waals surface area contributed by atoms with Crippen LogP contribution in [0.2, 0.25) is 0 Å². The quantitative estimate of drug-likeness (QED) is 0.629. The van der Waals surface area contributed by atoms with Gasteiger partial charge in [-0.1, -0.05) is 45.0 Å². The number of thiol groups is 1. The molecule has 0 N–H and O–H groups in total. The summed E-state index contributed by atoms with van der Waals surface area (Å²) in [4.78, 5) is 0. The summed E-state index contributed by atoms with van der Waals surface area (Å²) in [6.07, 6.45) is 0. The first-order chi connectivity index (χ1) is 5.54. The molecule has 1 aromatic carbocycles. The molecule has 1 heteroatoms. The highest BCUT2D eigenvalue weighted by Crippen LogP contribution is 2.22. The second-order valence-electron chi connectivity index (χ2n) is 4.11. The number of hydrogen-bond acceptors (Lipinski definition) is 1. The molecule has 0 aliphatic heterocycles. The Morgan fingerprint density at radius 1 is 1.08 bits per heavy atom. The van der Waals surface area contributed by atoms with E-state index < -0.39 is 0 Å². The molecule has 0 unspecified atom stereocenters. The number of hydrogen-bond donors (Lipinski definition) is 1. The summed E-state index contributed by atoms with van der Waals surface area (Å²) in [6.45, 7) is 6.67. The van der Waals surface area contributed by atoms with Gasteiger partial charge in [-0.25, -0.2) is 0 Å². The first kappa shape index (κ1) is 9.66. The Balaban J connectivity index is 2.93. The maximum Gasteiger partial charge on any atom is 0.0154 e. The zero-order valence-corrected chi connectivity index (χ0v) is 8.86. The Hall–Kier alpha value is -0.430. The standard InChI is InChI=1S/C11H16S/c1-11(2,3)10-6-4-9(8-12)5-7-10/h4-7,12H,8H2,1-3H3. The van der Waals surface area contributed by atoms with E-state index in [0.29, 0.717) is 0 Å². The van der Waals surface area contributed by atoms with Gasteiger partial charge in [-0.2, -0.15) is 12.6 Å². The summed E-state index contributed by atoms with van der Waals surface area (Å²) < 4.78 is 0. The SMILES string of the molecule is CC(C)(C)c1ccc(CS)cc1. The van der Waals surface area contributed by atoms with Crippen LogP contribution in [0.5, 0.6) is 0 Å². The molecular formula is C11H16S. The van der Waals surface area contributed by atoms with Crippen molar-refractivity contribution in [1.29, 1.82) is 0 Å². The Morgan fingerprint density at radius 3 is 1.92 bits per heavy atom.